The number of aromatic nitrogens is 2. The summed E-state index contributed by atoms with van der Waals surface area (Å²) in [6.07, 6.45) is 5.97. The van der Waals surface area contributed by atoms with Gasteiger partial charge in [0.05, 0.1) is 31.2 Å². The number of benzene rings is 1. The number of piperazine rings is 1. The highest BCUT2D eigenvalue weighted by Gasteiger charge is 2.50. The molecule has 0 saturated carbocycles. The van der Waals surface area contributed by atoms with Crippen LogP contribution in [0.1, 0.15) is 35.3 Å². The van der Waals surface area contributed by atoms with Crippen molar-refractivity contribution in [2.75, 3.05) is 39.4 Å². The third kappa shape index (κ3) is 3.93. The molecule has 1 aromatic heterocycles. The number of likely N-dealkylation sites (tertiary alicyclic amines) is 1. The van der Waals surface area contributed by atoms with Crippen LogP contribution in [0.25, 0.3) is 0 Å². The summed E-state index contributed by atoms with van der Waals surface area (Å²) in [6, 6.07) is 10.5. The van der Waals surface area contributed by atoms with Crippen LogP contribution in [0.2, 0.25) is 0 Å². The molecule has 1 aromatic carbocycles. The molecule has 5 rings (SSSR count). The molecule has 0 radical (unpaired) electrons. The van der Waals surface area contributed by atoms with E-state index in [9.17, 15) is 9.59 Å². The molecule has 3 aliphatic heterocycles. The highest BCUT2D eigenvalue weighted by atomic mass is 16.5. The van der Waals surface area contributed by atoms with E-state index in [1.807, 2.05) is 35.0 Å². The lowest BCUT2D eigenvalue weighted by atomic mass is 9.88. The SMILES string of the molecule is Cn1cncc1C(=O)N1CCC(N2CC(=O)N(Cc3ccccc3)CC23CCOC3)CC1. The fraction of sp³-hybridized carbons (Fsp3) is 0.542. The molecule has 1 atom stereocenters. The Kier molecular flexibility index (Phi) is 5.73. The second-order valence-corrected chi connectivity index (χ2v) is 9.30. The van der Waals surface area contributed by atoms with Gasteiger partial charge in [-0.3, -0.25) is 14.5 Å². The zero-order valence-corrected chi connectivity index (χ0v) is 18.7. The van der Waals surface area contributed by atoms with E-state index in [1.54, 1.807) is 17.1 Å². The van der Waals surface area contributed by atoms with E-state index in [0.29, 0.717) is 45.0 Å². The van der Waals surface area contributed by atoms with Crippen LogP contribution < -0.4 is 0 Å². The predicted molar refractivity (Wildman–Crippen MR) is 119 cm³/mol. The number of piperidine rings is 1. The Labute approximate surface area is 188 Å². The van der Waals surface area contributed by atoms with E-state index in [4.69, 9.17) is 4.74 Å². The first kappa shape index (κ1) is 21.2. The number of aryl methyl sites for hydroxylation is 1. The average Bonchev–Trinajstić information content (AvgIpc) is 3.46. The van der Waals surface area contributed by atoms with Crippen LogP contribution in [-0.4, -0.2) is 87.0 Å². The van der Waals surface area contributed by atoms with Gasteiger partial charge in [0, 0.05) is 45.9 Å². The summed E-state index contributed by atoms with van der Waals surface area (Å²) in [6.45, 7) is 4.58. The standard InChI is InChI=1S/C24H31N5O3/c1-26-18-25-13-21(26)23(31)27-10-7-20(8-11-27)29-15-22(30)28(14-19-5-3-2-4-6-19)16-24(29)9-12-32-17-24/h2-6,13,18,20H,7-12,14-17H2,1H3. The van der Waals surface area contributed by atoms with E-state index in [-0.39, 0.29) is 23.4 Å². The van der Waals surface area contributed by atoms with Crippen molar-refractivity contribution in [1.82, 2.24) is 24.3 Å². The van der Waals surface area contributed by atoms with Crippen molar-refractivity contribution in [3.63, 3.8) is 0 Å². The number of imidazole rings is 1. The molecule has 8 nitrogen and oxygen atoms in total. The van der Waals surface area contributed by atoms with Gasteiger partial charge in [-0.15, -0.1) is 0 Å². The first-order valence-corrected chi connectivity index (χ1v) is 11.5. The van der Waals surface area contributed by atoms with Crippen molar-refractivity contribution in [2.24, 2.45) is 7.05 Å². The Morgan fingerprint density at radius 1 is 1.22 bits per heavy atom. The zero-order chi connectivity index (χ0) is 22.1. The third-order valence-electron chi connectivity index (χ3n) is 7.28. The van der Waals surface area contributed by atoms with Crippen LogP contribution in [0.3, 0.4) is 0 Å². The topological polar surface area (TPSA) is 70.9 Å². The minimum atomic E-state index is -0.123. The number of nitrogens with zero attached hydrogens (tertiary/aromatic N) is 5. The summed E-state index contributed by atoms with van der Waals surface area (Å²) >= 11 is 0. The van der Waals surface area contributed by atoms with Gasteiger partial charge in [0.25, 0.3) is 5.91 Å². The number of carbonyl (C=O) groups excluding carboxylic acids is 2. The van der Waals surface area contributed by atoms with E-state index in [0.717, 1.165) is 31.4 Å². The van der Waals surface area contributed by atoms with Crippen LogP contribution in [0.5, 0.6) is 0 Å². The molecule has 0 aliphatic carbocycles. The van der Waals surface area contributed by atoms with Gasteiger partial charge >= 0.3 is 0 Å². The van der Waals surface area contributed by atoms with Crippen molar-refractivity contribution in [1.29, 1.82) is 0 Å². The number of carbonyl (C=O) groups is 2. The minimum absolute atomic E-state index is 0.0334. The summed E-state index contributed by atoms with van der Waals surface area (Å²) in [4.78, 5) is 36.4. The van der Waals surface area contributed by atoms with Gasteiger partial charge in [-0.1, -0.05) is 30.3 Å². The lowest BCUT2D eigenvalue weighted by molar-refractivity contribution is -0.148. The molecular weight excluding hydrogens is 406 g/mol. The number of rotatable bonds is 4. The van der Waals surface area contributed by atoms with Gasteiger partial charge in [0.2, 0.25) is 5.91 Å². The fourth-order valence-electron chi connectivity index (χ4n) is 5.47. The molecule has 2 amide bonds. The predicted octanol–water partition coefficient (Wildman–Crippen LogP) is 1.53. The van der Waals surface area contributed by atoms with Gasteiger partial charge in [-0.2, -0.15) is 0 Å². The van der Waals surface area contributed by atoms with Crippen molar-refractivity contribution >= 4 is 11.8 Å². The molecule has 3 saturated heterocycles. The third-order valence-corrected chi connectivity index (χ3v) is 7.28. The normalized spacial score (nSPS) is 25.1. The Morgan fingerprint density at radius 2 is 2.00 bits per heavy atom. The second-order valence-electron chi connectivity index (χ2n) is 9.30. The van der Waals surface area contributed by atoms with Crippen molar-refractivity contribution < 1.29 is 14.3 Å². The molecule has 1 spiro atoms. The molecule has 170 valence electrons. The van der Waals surface area contributed by atoms with Crippen LogP contribution in [0.4, 0.5) is 0 Å². The van der Waals surface area contributed by atoms with Crippen LogP contribution in [0, 0.1) is 0 Å². The quantitative estimate of drug-likeness (QED) is 0.726. The van der Waals surface area contributed by atoms with Crippen LogP contribution >= 0.6 is 0 Å². The molecule has 4 heterocycles. The summed E-state index contributed by atoms with van der Waals surface area (Å²) in [5.41, 5.74) is 1.65. The summed E-state index contributed by atoms with van der Waals surface area (Å²) in [5, 5.41) is 0. The first-order chi connectivity index (χ1) is 15.6. The maximum Gasteiger partial charge on any atom is 0.272 e. The van der Waals surface area contributed by atoms with Crippen LogP contribution in [-0.2, 0) is 23.1 Å². The molecule has 32 heavy (non-hydrogen) atoms. The van der Waals surface area contributed by atoms with Gasteiger partial charge in [-0.05, 0) is 24.8 Å². The van der Waals surface area contributed by atoms with Gasteiger partial charge in [0.15, 0.2) is 0 Å². The molecule has 1 unspecified atom stereocenters. The lowest BCUT2D eigenvalue weighted by Crippen LogP contribution is -2.68. The number of hydrogen-bond donors (Lipinski definition) is 0. The lowest BCUT2D eigenvalue weighted by Gasteiger charge is -2.52. The number of ether oxygens (including phenoxy) is 1. The monoisotopic (exact) mass is 437 g/mol. The smallest absolute Gasteiger partial charge is 0.272 e. The maximum absolute atomic E-state index is 13.1. The molecule has 0 bridgehead atoms. The molecule has 2 aromatic rings. The Balaban J connectivity index is 1.27. The highest BCUT2D eigenvalue weighted by molar-refractivity contribution is 5.92. The van der Waals surface area contributed by atoms with Gasteiger partial charge in [-0.25, -0.2) is 4.98 Å². The van der Waals surface area contributed by atoms with E-state index >= 15 is 0 Å². The van der Waals surface area contributed by atoms with E-state index in [2.05, 4.69) is 22.0 Å². The zero-order valence-electron chi connectivity index (χ0n) is 18.7. The fourth-order valence-corrected chi connectivity index (χ4v) is 5.47. The van der Waals surface area contributed by atoms with Crippen molar-refractivity contribution in [2.45, 2.75) is 37.4 Å². The van der Waals surface area contributed by atoms with Crippen LogP contribution in [0.15, 0.2) is 42.9 Å². The molecular formula is C24H31N5O3. The highest BCUT2D eigenvalue weighted by Crippen LogP contribution is 2.35. The minimum Gasteiger partial charge on any atom is -0.379 e. The van der Waals surface area contributed by atoms with E-state index in [1.165, 1.54) is 0 Å². The summed E-state index contributed by atoms with van der Waals surface area (Å²) < 4.78 is 7.63. The molecule has 3 fully saturated rings. The average molecular weight is 438 g/mol. The molecule has 3 aliphatic rings. The van der Waals surface area contributed by atoms with Gasteiger partial charge in [0.1, 0.15) is 5.69 Å². The Bertz CT molecular complexity index is 961. The largest absolute Gasteiger partial charge is 0.379 e. The van der Waals surface area contributed by atoms with Crippen molar-refractivity contribution in [3.8, 4) is 0 Å². The first-order valence-electron chi connectivity index (χ1n) is 11.5. The Morgan fingerprint density at radius 3 is 2.66 bits per heavy atom. The molecule has 8 heteroatoms. The number of hydrogen-bond acceptors (Lipinski definition) is 5. The second kappa shape index (κ2) is 8.67. The Hall–Kier alpha value is -2.71. The number of amides is 2. The van der Waals surface area contributed by atoms with Crippen molar-refractivity contribution in [3.05, 3.63) is 54.1 Å². The van der Waals surface area contributed by atoms with Gasteiger partial charge < -0.3 is 19.1 Å². The molecule has 0 N–H and O–H groups in total. The summed E-state index contributed by atoms with van der Waals surface area (Å²) in [5.74, 6) is 0.214. The summed E-state index contributed by atoms with van der Waals surface area (Å²) in [7, 11) is 1.84. The maximum atomic E-state index is 13.1. The van der Waals surface area contributed by atoms with E-state index < -0.39 is 0 Å².